The Hall–Kier alpha value is -0.290. The Balaban J connectivity index is 2.50. The average Bonchev–Trinajstić information content (AvgIpc) is 2.00. The van der Waals surface area contributed by atoms with E-state index in [1.807, 2.05) is 32.0 Å². The number of fused-ring (bicyclic) bond motifs is 1. The Morgan fingerprint density at radius 3 is 2.93 bits per heavy atom. The third-order valence-electron chi connectivity index (χ3n) is 2.42. The van der Waals surface area contributed by atoms with Crippen molar-refractivity contribution >= 4 is 22.6 Å². The van der Waals surface area contributed by atoms with E-state index >= 15 is 0 Å². The Labute approximate surface area is 97.4 Å². The summed E-state index contributed by atoms with van der Waals surface area (Å²) in [5.41, 5.74) is 0.670. The van der Waals surface area contributed by atoms with Crippen molar-refractivity contribution in [3.63, 3.8) is 0 Å². The van der Waals surface area contributed by atoms with Crippen molar-refractivity contribution in [2.75, 3.05) is 0 Å². The fourth-order valence-corrected chi connectivity index (χ4v) is 2.67. The molecular weight excluding hydrogens is 291 g/mol. The van der Waals surface area contributed by atoms with Crippen molar-refractivity contribution in [3.8, 4) is 5.75 Å². The van der Waals surface area contributed by atoms with Gasteiger partial charge in [0.05, 0.1) is 6.10 Å². The molecule has 0 amide bonds. The second-order valence-electron chi connectivity index (χ2n) is 4.23. The second kappa shape index (κ2) is 3.38. The topological polar surface area (TPSA) is 29.5 Å². The Kier molecular flexibility index (Phi) is 2.47. The summed E-state index contributed by atoms with van der Waals surface area (Å²) in [5.74, 6) is 0.820. The Morgan fingerprint density at radius 2 is 2.21 bits per heavy atom. The Bertz CT molecular complexity index is 360. The molecule has 1 aliphatic heterocycles. The minimum atomic E-state index is -0.401. The highest BCUT2D eigenvalue weighted by Crippen LogP contribution is 2.41. The van der Waals surface area contributed by atoms with Crippen LogP contribution >= 0.6 is 22.6 Å². The van der Waals surface area contributed by atoms with Crippen molar-refractivity contribution in [3.05, 3.63) is 27.3 Å². The van der Waals surface area contributed by atoms with Gasteiger partial charge in [0.15, 0.2) is 0 Å². The van der Waals surface area contributed by atoms with E-state index in [1.54, 1.807) is 0 Å². The van der Waals surface area contributed by atoms with Gasteiger partial charge in [0.25, 0.3) is 0 Å². The lowest BCUT2D eigenvalue weighted by Crippen LogP contribution is -2.35. The molecule has 3 heteroatoms. The summed E-state index contributed by atoms with van der Waals surface area (Å²) in [6, 6.07) is 5.86. The zero-order chi connectivity index (χ0) is 10.3. The molecule has 0 spiro atoms. The SMILES string of the molecule is CC1(C)CC(O)c2c(I)cccc2O1. The van der Waals surface area contributed by atoms with Gasteiger partial charge in [-0.05, 0) is 48.6 Å². The van der Waals surface area contributed by atoms with Crippen LogP contribution in [0, 0.1) is 3.57 Å². The minimum Gasteiger partial charge on any atom is -0.487 e. The molecule has 1 aromatic carbocycles. The zero-order valence-corrected chi connectivity index (χ0v) is 10.4. The largest absolute Gasteiger partial charge is 0.487 e. The molecule has 1 aliphatic rings. The van der Waals surface area contributed by atoms with E-state index in [1.165, 1.54) is 0 Å². The molecule has 0 bridgehead atoms. The monoisotopic (exact) mass is 304 g/mol. The van der Waals surface area contributed by atoms with Crippen molar-refractivity contribution < 1.29 is 9.84 Å². The summed E-state index contributed by atoms with van der Waals surface area (Å²) >= 11 is 2.23. The molecule has 2 nitrogen and oxygen atoms in total. The van der Waals surface area contributed by atoms with E-state index in [0.29, 0.717) is 6.42 Å². The van der Waals surface area contributed by atoms with Crippen LogP contribution in [0.1, 0.15) is 31.9 Å². The minimum absolute atomic E-state index is 0.267. The van der Waals surface area contributed by atoms with E-state index in [2.05, 4.69) is 22.6 Å². The molecule has 0 aromatic heterocycles. The van der Waals surface area contributed by atoms with E-state index in [0.717, 1.165) is 14.9 Å². The van der Waals surface area contributed by atoms with Gasteiger partial charge < -0.3 is 9.84 Å². The van der Waals surface area contributed by atoms with Crippen LogP contribution in [0.15, 0.2) is 18.2 Å². The quantitative estimate of drug-likeness (QED) is 0.747. The van der Waals surface area contributed by atoms with Gasteiger partial charge >= 0.3 is 0 Å². The zero-order valence-electron chi connectivity index (χ0n) is 8.25. The molecular formula is C11H13IO2. The highest BCUT2D eigenvalue weighted by atomic mass is 127. The van der Waals surface area contributed by atoms with E-state index in [-0.39, 0.29) is 5.60 Å². The van der Waals surface area contributed by atoms with Gasteiger partial charge in [0, 0.05) is 15.6 Å². The molecule has 1 heterocycles. The van der Waals surface area contributed by atoms with Crippen LogP contribution in [0.25, 0.3) is 0 Å². The lowest BCUT2D eigenvalue weighted by molar-refractivity contribution is 0.0110. The maximum absolute atomic E-state index is 9.99. The van der Waals surface area contributed by atoms with Crippen LogP contribution in [-0.2, 0) is 0 Å². The predicted octanol–water partition coefficient (Wildman–Crippen LogP) is 2.89. The molecule has 14 heavy (non-hydrogen) atoms. The van der Waals surface area contributed by atoms with Crippen molar-refractivity contribution in [1.82, 2.24) is 0 Å². The number of aliphatic hydroxyl groups is 1. The number of aliphatic hydroxyl groups excluding tert-OH is 1. The van der Waals surface area contributed by atoms with Gasteiger partial charge in [-0.2, -0.15) is 0 Å². The molecule has 1 aromatic rings. The number of benzene rings is 1. The summed E-state index contributed by atoms with van der Waals surface area (Å²) in [7, 11) is 0. The molecule has 0 saturated heterocycles. The second-order valence-corrected chi connectivity index (χ2v) is 5.40. The smallest absolute Gasteiger partial charge is 0.126 e. The summed E-state index contributed by atoms with van der Waals surface area (Å²) in [5, 5.41) is 9.99. The van der Waals surface area contributed by atoms with Crippen LogP contribution in [0.5, 0.6) is 5.75 Å². The van der Waals surface area contributed by atoms with Gasteiger partial charge in [-0.25, -0.2) is 0 Å². The van der Waals surface area contributed by atoms with Crippen LogP contribution in [0.4, 0.5) is 0 Å². The first-order valence-corrected chi connectivity index (χ1v) is 5.73. The van der Waals surface area contributed by atoms with Crippen LogP contribution in [-0.4, -0.2) is 10.7 Å². The van der Waals surface area contributed by atoms with Gasteiger partial charge in [0.2, 0.25) is 0 Å². The number of hydrogen-bond donors (Lipinski definition) is 1. The molecule has 0 radical (unpaired) electrons. The first-order chi connectivity index (χ1) is 6.49. The molecule has 0 saturated carbocycles. The number of hydrogen-bond acceptors (Lipinski definition) is 2. The molecule has 1 N–H and O–H groups in total. The Morgan fingerprint density at radius 1 is 1.50 bits per heavy atom. The fourth-order valence-electron chi connectivity index (χ4n) is 1.84. The van der Waals surface area contributed by atoms with Crippen LogP contribution in [0.2, 0.25) is 0 Å². The first-order valence-electron chi connectivity index (χ1n) is 4.65. The van der Waals surface area contributed by atoms with E-state index < -0.39 is 6.10 Å². The maximum Gasteiger partial charge on any atom is 0.126 e. The first kappa shape index (κ1) is 10.2. The number of halogens is 1. The van der Waals surface area contributed by atoms with Crippen molar-refractivity contribution in [2.45, 2.75) is 32.0 Å². The van der Waals surface area contributed by atoms with Crippen LogP contribution < -0.4 is 4.74 Å². The van der Waals surface area contributed by atoms with Crippen LogP contribution in [0.3, 0.4) is 0 Å². The average molecular weight is 304 g/mol. The molecule has 1 unspecified atom stereocenters. The summed E-state index contributed by atoms with van der Waals surface area (Å²) in [4.78, 5) is 0. The molecule has 2 rings (SSSR count). The third-order valence-corrected chi connectivity index (χ3v) is 3.36. The van der Waals surface area contributed by atoms with Gasteiger partial charge in [0.1, 0.15) is 11.4 Å². The number of ether oxygens (including phenoxy) is 1. The lowest BCUT2D eigenvalue weighted by Gasteiger charge is -2.35. The lowest BCUT2D eigenvalue weighted by atomic mass is 9.92. The normalized spacial score (nSPS) is 23.9. The van der Waals surface area contributed by atoms with Crippen molar-refractivity contribution in [1.29, 1.82) is 0 Å². The highest BCUT2D eigenvalue weighted by Gasteiger charge is 2.33. The summed E-state index contributed by atoms with van der Waals surface area (Å²) in [6.07, 6.45) is 0.252. The predicted molar refractivity (Wildman–Crippen MR) is 63.4 cm³/mol. The van der Waals surface area contributed by atoms with Gasteiger partial charge in [-0.3, -0.25) is 0 Å². The third kappa shape index (κ3) is 1.75. The van der Waals surface area contributed by atoms with Gasteiger partial charge in [-0.15, -0.1) is 0 Å². The number of rotatable bonds is 0. The summed E-state index contributed by atoms with van der Waals surface area (Å²) < 4.78 is 6.88. The summed E-state index contributed by atoms with van der Waals surface area (Å²) in [6.45, 7) is 4.00. The highest BCUT2D eigenvalue weighted by molar-refractivity contribution is 14.1. The molecule has 0 aliphatic carbocycles. The molecule has 0 fully saturated rings. The molecule has 76 valence electrons. The van der Waals surface area contributed by atoms with Gasteiger partial charge in [-0.1, -0.05) is 6.07 Å². The molecule has 1 atom stereocenters. The van der Waals surface area contributed by atoms with Crippen molar-refractivity contribution in [2.24, 2.45) is 0 Å². The maximum atomic E-state index is 9.99. The van der Waals surface area contributed by atoms with E-state index in [4.69, 9.17) is 4.74 Å². The van der Waals surface area contributed by atoms with E-state index in [9.17, 15) is 5.11 Å². The standard InChI is InChI=1S/C11H13IO2/c1-11(2)6-8(13)10-7(12)4-3-5-9(10)14-11/h3-5,8,13H,6H2,1-2H3. The fraction of sp³-hybridized carbons (Fsp3) is 0.455.